The summed E-state index contributed by atoms with van der Waals surface area (Å²) in [4.78, 5) is 12.5. The number of nitrogens with one attached hydrogen (secondary N) is 1. The fourth-order valence-corrected chi connectivity index (χ4v) is 3.04. The normalized spacial score (nSPS) is 11.2. The molecule has 2 rings (SSSR count). The van der Waals surface area contributed by atoms with Crippen LogP contribution in [0.25, 0.3) is 0 Å². The molecule has 7 nitrogen and oxygen atoms in total. The number of rotatable bonds is 6. The van der Waals surface area contributed by atoms with E-state index in [1.165, 1.54) is 46.5 Å². The standard InChI is InChI=1S/C17H20N2O5S/c1-19(2)25(21,22)16-7-5-6-12(8-16)17(20)18-13-9-14(23-3)11-15(10-13)24-4/h5-11H,1-4H3,(H,18,20). The van der Waals surface area contributed by atoms with E-state index in [4.69, 9.17) is 9.47 Å². The zero-order chi connectivity index (χ0) is 18.6. The van der Waals surface area contributed by atoms with E-state index in [1.807, 2.05) is 0 Å². The van der Waals surface area contributed by atoms with Crippen LogP contribution in [0.5, 0.6) is 11.5 Å². The lowest BCUT2D eigenvalue weighted by Gasteiger charge is -2.13. The molecule has 1 amide bonds. The number of hydrogen-bond donors (Lipinski definition) is 1. The molecule has 25 heavy (non-hydrogen) atoms. The number of anilines is 1. The third kappa shape index (κ3) is 4.28. The van der Waals surface area contributed by atoms with Gasteiger partial charge in [0.2, 0.25) is 10.0 Å². The van der Waals surface area contributed by atoms with Crippen LogP contribution in [0.3, 0.4) is 0 Å². The highest BCUT2D eigenvalue weighted by Crippen LogP contribution is 2.26. The van der Waals surface area contributed by atoms with Gasteiger partial charge in [0.1, 0.15) is 11.5 Å². The molecular formula is C17H20N2O5S. The number of methoxy groups -OCH3 is 2. The Labute approximate surface area is 147 Å². The van der Waals surface area contributed by atoms with Crippen LogP contribution in [0.15, 0.2) is 47.4 Å². The summed E-state index contributed by atoms with van der Waals surface area (Å²) in [6.07, 6.45) is 0. The van der Waals surface area contributed by atoms with Crippen LogP contribution in [0.2, 0.25) is 0 Å². The van der Waals surface area contributed by atoms with Crippen molar-refractivity contribution in [3.8, 4) is 11.5 Å². The maximum atomic E-state index is 12.5. The van der Waals surface area contributed by atoms with E-state index < -0.39 is 15.9 Å². The summed E-state index contributed by atoms with van der Waals surface area (Å²) in [5, 5.41) is 2.71. The number of amides is 1. The van der Waals surface area contributed by atoms with Gasteiger partial charge in [0, 0.05) is 43.5 Å². The molecule has 8 heteroatoms. The number of carbonyl (C=O) groups excluding carboxylic acids is 1. The summed E-state index contributed by atoms with van der Waals surface area (Å²) in [7, 11) is 2.28. The molecule has 134 valence electrons. The van der Waals surface area contributed by atoms with Crippen molar-refractivity contribution in [3.05, 3.63) is 48.0 Å². The number of hydrogen-bond acceptors (Lipinski definition) is 5. The first-order valence-electron chi connectivity index (χ1n) is 7.35. The second kappa shape index (κ2) is 7.54. The Morgan fingerprint density at radius 3 is 2.12 bits per heavy atom. The van der Waals surface area contributed by atoms with Gasteiger partial charge < -0.3 is 14.8 Å². The highest BCUT2D eigenvalue weighted by Gasteiger charge is 2.19. The predicted molar refractivity (Wildman–Crippen MR) is 94.8 cm³/mol. The van der Waals surface area contributed by atoms with Crippen molar-refractivity contribution in [1.82, 2.24) is 4.31 Å². The Kier molecular flexibility index (Phi) is 5.66. The van der Waals surface area contributed by atoms with E-state index in [-0.39, 0.29) is 10.5 Å². The number of carbonyl (C=O) groups is 1. The van der Waals surface area contributed by atoms with Crippen molar-refractivity contribution in [2.45, 2.75) is 4.90 Å². The molecule has 0 unspecified atom stereocenters. The van der Waals surface area contributed by atoms with Crippen LogP contribution in [0, 0.1) is 0 Å². The lowest BCUT2D eigenvalue weighted by molar-refractivity contribution is 0.102. The molecule has 0 aliphatic heterocycles. The number of ether oxygens (including phenoxy) is 2. The van der Waals surface area contributed by atoms with Crippen LogP contribution in [-0.2, 0) is 10.0 Å². The van der Waals surface area contributed by atoms with Crippen molar-refractivity contribution in [2.24, 2.45) is 0 Å². The highest BCUT2D eigenvalue weighted by atomic mass is 32.2. The second-order valence-corrected chi connectivity index (χ2v) is 7.52. The van der Waals surface area contributed by atoms with Gasteiger partial charge in [-0.2, -0.15) is 0 Å². The first kappa shape index (κ1) is 18.8. The zero-order valence-electron chi connectivity index (χ0n) is 14.4. The van der Waals surface area contributed by atoms with Crippen LogP contribution < -0.4 is 14.8 Å². The lowest BCUT2D eigenvalue weighted by Crippen LogP contribution is -2.22. The van der Waals surface area contributed by atoms with E-state index >= 15 is 0 Å². The van der Waals surface area contributed by atoms with Gasteiger partial charge in [0.05, 0.1) is 19.1 Å². The fraction of sp³-hybridized carbons (Fsp3) is 0.235. The molecular weight excluding hydrogens is 344 g/mol. The number of nitrogens with zero attached hydrogens (tertiary/aromatic N) is 1. The molecule has 0 saturated heterocycles. The molecule has 2 aromatic carbocycles. The van der Waals surface area contributed by atoms with Crippen LogP contribution in [0.1, 0.15) is 10.4 Å². The number of sulfonamides is 1. The Bertz CT molecular complexity index is 856. The van der Waals surface area contributed by atoms with E-state index in [1.54, 1.807) is 24.3 Å². The molecule has 0 aromatic heterocycles. The minimum atomic E-state index is -3.61. The van der Waals surface area contributed by atoms with E-state index in [9.17, 15) is 13.2 Å². The Morgan fingerprint density at radius 1 is 1.00 bits per heavy atom. The average Bonchev–Trinajstić information content (AvgIpc) is 2.61. The van der Waals surface area contributed by atoms with Crippen molar-refractivity contribution < 1.29 is 22.7 Å². The molecule has 0 saturated carbocycles. The Balaban J connectivity index is 2.31. The summed E-state index contributed by atoms with van der Waals surface area (Å²) < 4.78 is 35.8. The fourth-order valence-electron chi connectivity index (χ4n) is 2.09. The van der Waals surface area contributed by atoms with Gasteiger partial charge in [-0.05, 0) is 18.2 Å². The van der Waals surface area contributed by atoms with Gasteiger partial charge in [-0.25, -0.2) is 12.7 Å². The Hall–Kier alpha value is -2.58. The third-order valence-electron chi connectivity index (χ3n) is 3.48. The van der Waals surface area contributed by atoms with Gasteiger partial charge in [0.25, 0.3) is 5.91 Å². The van der Waals surface area contributed by atoms with Gasteiger partial charge >= 0.3 is 0 Å². The average molecular weight is 364 g/mol. The maximum absolute atomic E-state index is 12.5. The van der Waals surface area contributed by atoms with Crippen LogP contribution in [0.4, 0.5) is 5.69 Å². The van der Waals surface area contributed by atoms with Crippen LogP contribution in [-0.4, -0.2) is 46.9 Å². The highest BCUT2D eigenvalue weighted by molar-refractivity contribution is 7.89. The second-order valence-electron chi connectivity index (χ2n) is 5.37. The molecule has 0 heterocycles. The quantitative estimate of drug-likeness (QED) is 0.849. The van der Waals surface area contributed by atoms with Gasteiger partial charge in [-0.15, -0.1) is 0 Å². The summed E-state index contributed by atoms with van der Waals surface area (Å²) >= 11 is 0. The summed E-state index contributed by atoms with van der Waals surface area (Å²) in [5.41, 5.74) is 0.701. The molecule has 2 aromatic rings. The van der Waals surface area contributed by atoms with Crippen LogP contribution >= 0.6 is 0 Å². The van der Waals surface area contributed by atoms with E-state index in [2.05, 4.69) is 5.32 Å². The first-order chi connectivity index (χ1) is 11.8. The largest absolute Gasteiger partial charge is 0.497 e. The SMILES string of the molecule is COc1cc(NC(=O)c2cccc(S(=O)(=O)N(C)C)c2)cc(OC)c1. The summed E-state index contributed by atoms with van der Waals surface area (Å²) in [6.45, 7) is 0. The predicted octanol–water partition coefficient (Wildman–Crippen LogP) is 2.21. The third-order valence-corrected chi connectivity index (χ3v) is 5.30. The smallest absolute Gasteiger partial charge is 0.255 e. The minimum absolute atomic E-state index is 0.0494. The molecule has 0 atom stereocenters. The monoisotopic (exact) mass is 364 g/mol. The van der Waals surface area contributed by atoms with Gasteiger partial charge in [-0.1, -0.05) is 6.07 Å². The minimum Gasteiger partial charge on any atom is -0.497 e. The van der Waals surface area contributed by atoms with Crippen molar-refractivity contribution in [2.75, 3.05) is 33.6 Å². The Morgan fingerprint density at radius 2 is 1.60 bits per heavy atom. The molecule has 1 N–H and O–H groups in total. The van der Waals surface area contributed by atoms with E-state index in [0.717, 1.165) is 4.31 Å². The first-order valence-corrected chi connectivity index (χ1v) is 8.79. The van der Waals surface area contributed by atoms with Gasteiger partial charge in [0.15, 0.2) is 0 Å². The molecule has 0 bridgehead atoms. The summed E-state index contributed by atoms with van der Waals surface area (Å²) in [6, 6.07) is 10.8. The van der Waals surface area contributed by atoms with Crippen molar-refractivity contribution in [3.63, 3.8) is 0 Å². The van der Waals surface area contributed by atoms with E-state index in [0.29, 0.717) is 17.2 Å². The van der Waals surface area contributed by atoms with Crippen molar-refractivity contribution in [1.29, 1.82) is 0 Å². The topological polar surface area (TPSA) is 84.9 Å². The molecule has 0 fully saturated rings. The summed E-state index contributed by atoms with van der Waals surface area (Å²) in [5.74, 6) is 0.614. The zero-order valence-corrected chi connectivity index (χ0v) is 15.3. The van der Waals surface area contributed by atoms with Crippen molar-refractivity contribution >= 4 is 21.6 Å². The molecule has 0 aliphatic rings. The number of benzene rings is 2. The van der Waals surface area contributed by atoms with Gasteiger partial charge in [-0.3, -0.25) is 4.79 Å². The molecule has 0 spiro atoms. The molecule has 0 aliphatic carbocycles. The lowest BCUT2D eigenvalue weighted by atomic mass is 10.2. The molecule has 0 radical (unpaired) electrons. The maximum Gasteiger partial charge on any atom is 0.255 e.